The Bertz CT molecular complexity index is 518. The Hall–Kier alpha value is -1.81. The first-order valence-corrected chi connectivity index (χ1v) is 7.30. The zero-order valence-electron chi connectivity index (χ0n) is 11.7. The van der Waals surface area contributed by atoms with Gasteiger partial charge in [0.15, 0.2) is 5.75 Å². The molecule has 1 atom stereocenters. The minimum Gasteiger partial charge on any atom is -0.486 e. The Balaban J connectivity index is 1.51. The highest BCUT2D eigenvalue weighted by atomic mass is 16.5. The molecule has 0 bridgehead atoms. The van der Waals surface area contributed by atoms with Gasteiger partial charge in [-0.05, 0) is 37.4 Å². The molecule has 0 aliphatic carbocycles. The predicted octanol–water partition coefficient (Wildman–Crippen LogP) is 2.46. The van der Waals surface area contributed by atoms with Gasteiger partial charge in [-0.1, -0.05) is 30.3 Å². The highest BCUT2D eigenvalue weighted by molar-refractivity contribution is 5.16. The molecule has 1 aliphatic heterocycles. The van der Waals surface area contributed by atoms with E-state index in [1.54, 1.807) is 6.20 Å². The standard InChI is InChI=1S/C16H21N3O/c1-2-5-14(6-3-1)13-20-16-10-18-19(12-16)11-15-7-4-8-17-9-15/h1-3,5-6,10,12,15,17H,4,7-9,11,13H2. The van der Waals surface area contributed by atoms with Crippen molar-refractivity contribution in [2.75, 3.05) is 13.1 Å². The fourth-order valence-corrected chi connectivity index (χ4v) is 2.60. The zero-order valence-corrected chi connectivity index (χ0v) is 11.7. The Morgan fingerprint density at radius 2 is 2.20 bits per heavy atom. The van der Waals surface area contributed by atoms with Gasteiger partial charge in [-0.3, -0.25) is 4.68 Å². The molecule has 4 nitrogen and oxygen atoms in total. The summed E-state index contributed by atoms with van der Waals surface area (Å²) in [6, 6.07) is 10.2. The van der Waals surface area contributed by atoms with Crippen molar-refractivity contribution in [2.24, 2.45) is 5.92 Å². The number of benzene rings is 1. The lowest BCUT2D eigenvalue weighted by Gasteiger charge is -2.22. The fourth-order valence-electron chi connectivity index (χ4n) is 2.60. The van der Waals surface area contributed by atoms with Gasteiger partial charge < -0.3 is 10.1 Å². The molecule has 106 valence electrons. The van der Waals surface area contributed by atoms with Crippen LogP contribution in [0.2, 0.25) is 0 Å². The van der Waals surface area contributed by atoms with Crippen LogP contribution in [-0.4, -0.2) is 22.9 Å². The third kappa shape index (κ3) is 3.61. The van der Waals surface area contributed by atoms with Gasteiger partial charge in [-0.2, -0.15) is 5.10 Å². The Kier molecular flexibility index (Phi) is 4.33. The summed E-state index contributed by atoms with van der Waals surface area (Å²) in [4.78, 5) is 0. The molecular weight excluding hydrogens is 250 g/mol. The maximum atomic E-state index is 5.76. The van der Waals surface area contributed by atoms with E-state index in [-0.39, 0.29) is 0 Å². The van der Waals surface area contributed by atoms with Crippen LogP contribution in [0.5, 0.6) is 5.75 Å². The second-order valence-corrected chi connectivity index (χ2v) is 5.38. The Labute approximate surface area is 119 Å². The van der Waals surface area contributed by atoms with E-state index >= 15 is 0 Å². The Morgan fingerprint density at radius 3 is 3.00 bits per heavy atom. The van der Waals surface area contributed by atoms with Crippen LogP contribution in [0.1, 0.15) is 18.4 Å². The summed E-state index contributed by atoms with van der Waals surface area (Å²) in [5.41, 5.74) is 1.18. The minimum atomic E-state index is 0.595. The molecule has 2 aromatic rings. The third-order valence-electron chi connectivity index (χ3n) is 3.70. The lowest BCUT2D eigenvalue weighted by Crippen LogP contribution is -2.32. The first-order chi connectivity index (χ1) is 9.90. The van der Waals surface area contributed by atoms with Crippen LogP contribution in [0.4, 0.5) is 0 Å². The maximum Gasteiger partial charge on any atom is 0.157 e. The van der Waals surface area contributed by atoms with Gasteiger partial charge in [-0.25, -0.2) is 0 Å². The van der Waals surface area contributed by atoms with Crippen molar-refractivity contribution >= 4 is 0 Å². The summed E-state index contributed by atoms with van der Waals surface area (Å²) in [5, 5.41) is 7.82. The number of piperidine rings is 1. The van der Waals surface area contributed by atoms with Gasteiger partial charge >= 0.3 is 0 Å². The van der Waals surface area contributed by atoms with E-state index in [1.807, 2.05) is 29.1 Å². The number of aromatic nitrogens is 2. The lowest BCUT2D eigenvalue weighted by molar-refractivity contribution is 0.302. The molecule has 1 saturated heterocycles. The number of hydrogen-bond donors (Lipinski definition) is 1. The topological polar surface area (TPSA) is 39.1 Å². The summed E-state index contributed by atoms with van der Waals surface area (Å²) < 4.78 is 7.76. The van der Waals surface area contributed by atoms with E-state index in [4.69, 9.17) is 4.74 Å². The number of nitrogens with one attached hydrogen (secondary N) is 1. The lowest BCUT2D eigenvalue weighted by atomic mass is 10.00. The minimum absolute atomic E-state index is 0.595. The van der Waals surface area contributed by atoms with Crippen LogP contribution >= 0.6 is 0 Å². The van der Waals surface area contributed by atoms with Crippen LogP contribution in [0.15, 0.2) is 42.7 Å². The van der Waals surface area contributed by atoms with Crippen LogP contribution in [-0.2, 0) is 13.2 Å². The number of ether oxygens (including phenoxy) is 1. The van der Waals surface area contributed by atoms with E-state index in [0.29, 0.717) is 12.5 Å². The molecule has 1 aromatic heterocycles. The molecule has 2 heterocycles. The molecule has 20 heavy (non-hydrogen) atoms. The third-order valence-corrected chi connectivity index (χ3v) is 3.70. The van der Waals surface area contributed by atoms with Crippen LogP contribution < -0.4 is 10.1 Å². The normalized spacial score (nSPS) is 18.9. The SMILES string of the molecule is c1ccc(COc2cnn(CC3CCCNC3)c2)cc1. The number of rotatable bonds is 5. The second-order valence-electron chi connectivity index (χ2n) is 5.38. The molecule has 1 fully saturated rings. The molecule has 0 spiro atoms. The average molecular weight is 271 g/mol. The van der Waals surface area contributed by atoms with Crippen molar-refractivity contribution < 1.29 is 4.74 Å². The van der Waals surface area contributed by atoms with Crippen molar-refractivity contribution in [1.29, 1.82) is 0 Å². The highest BCUT2D eigenvalue weighted by Gasteiger charge is 2.14. The quantitative estimate of drug-likeness (QED) is 0.908. The van der Waals surface area contributed by atoms with Crippen LogP contribution in [0, 0.1) is 5.92 Å². The van der Waals surface area contributed by atoms with E-state index in [1.165, 1.54) is 18.4 Å². The van der Waals surface area contributed by atoms with Gasteiger partial charge in [0.2, 0.25) is 0 Å². The fraction of sp³-hybridized carbons (Fsp3) is 0.438. The van der Waals surface area contributed by atoms with Gasteiger partial charge in [0.1, 0.15) is 6.61 Å². The molecule has 1 aromatic carbocycles. The van der Waals surface area contributed by atoms with E-state index in [0.717, 1.165) is 25.4 Å². The molecule has 1 N–H and O–H groups in total. The molecular formula is C16H21N3O. The molecule has 0 radical (unpaired) electrons. The van der Waals surface area contributed by atoms with Crippen molar-refractivity contribution in [3.05, 3.63) is 48.3 Å². The Morgan fingerprint density at radius 1 is 1.30 bits per heavy atom. The van der Waals surface area contributed by atoms with Crippen LogP contribution in [0.3, 0.4) is 0 Å². The van der Waals surface area contributed by atoms with E-state index < -0.39 is 0 Å². The molecule has 3 rings (SSSR count). The van der Waals surface area contributed by atoms with Crippen molar-refractivity contribution in [2.45, 2.75) is 26.0 Å². The first kappa shape index (κ1) is 13.2. The predicted molar refractivity (Wildman–Crippen MR) is 78.6 cm³/mol. The van der Waals surface area contributed by atoms with Gasteiger partial charge in [0, 0.05) is 6.54 Å². The second kappa shape index (κ2) is 6.57. The van der Waals surface area contributed by atoms with E-state index in [9.17, 15) is 0 Å². The molecule has 4 heteroatoms. The summed E-state index contributed by atoms with van der Waals surface area (Å²) in [6.45, 7) is 3.82. The van der Waals surface area contributed by atoms with Crippen molar-refractivity contribution in [3.63, 3.8) is 0 Å². The summed E-state index contributed by atoms with van der Waals surface area (Å²) in [5.74, 6) is 1.53. The van der Waals surface area contributed by atoms with Crippen LogP contribution in [0.25, 0.3) is 0 Å². The average Bonchev–Trinajstić information content (AvgIpc) is 2.95. The molecule has 0 saturated carbocycles. The van der Waals surface area contributed by atoms with Gasteiger partial charge in [-0.15, -0.1) is 0 Å². The smallest absolute Gasteiger partial charge is 0.157 e. The highest BCUT2D eigenvalue weighted by Crippen LogP contribution is 2.15. The number of nitrogens with zero attached hydrogens (tertiary/aromatic N) is 2. The summed E-state index contributed by atoms with van der Waals surface area (Å²) in [7, 11) is 0. The van der Waals surface area contributed by atoms with Gasteiger partial charge in [0.25, 0.3) is 0 Å². The first-order valence-electron chi connectivity index (χ1n) is 7.30. The van der Waals surface area contributed by atoms with E-state index in [2.05, 4.69) is 22.5 Å². The largest absolute Gasteiger partial charge is 0.486 e. The van der Waals surface area contributed by atoms with Crippen molar-refractivity contribution in [1.82, 2.24) is 15.1 Å². The zero-order chi connectivity index (χ0) is 13.6. The van der Waals surface area contributed by atoms with Gasteiger partial charge in [0.05, 0.1) is 12.4 Å². The summed E-state index contributed by atoms with van der Waals surface area (Å²) >= 11 is 0. The molecule has 1 aliphatic rings. The maximum absolute atomic E-state index is 5.76. The number of hydrogen-bond acceptors (Lipinski definition) is 3. The monoisotopic (exact) mass is 271 g/mol. The summed E-state index contributed by atoms with van der Waals surface area (Å²) in [6.07, 6.45) is 6.35. The molecule has 1 unspecified atom stereocenters. The molecule has 0 amide bonds. The van der Waals surface area contributed by atoms with Crippen molar-refractivity contribution in [3.8, 4) is 5.75 Å².